The summed E-state index contributed by atoms with van der Waals surface area (Å²) in [6.45, 7) is 1.95. The number of hydrogen-bond donors (Lipinski definition) is 1. The first kappa shape index (κ1) is 13.7. The quantitative estimate of drug-likeness (QED) is 0.935. The second kappa shape index (κ2) is 5.50. The van der Waals surface area contributed by atoms with Crippen LogP contribution < -0.4 is 4.72 Å². The molecule has 0 heterocycles. The van der Waals surface area contributed by atoms with Crippen molar-refractivity contribution in [1.82, 2.24) is 4.72 Å². The van der Waals surface area contributed by atoms with E-state index >= 15 is 0 Å². The van der Waals surface area contributed by atoms with E-state index in [4.69, 9.17) is 0 Å². The molecule has 19 heavy (non-hydrogen) atoms. The lowest BCUT2D eigenvalue weighted by atomic mass is 10.2. The van der Waals surface area contributed by atoms with Gasteiger partial charge in [-0.15, -0.1) is 0 Å². The number of nitrogens with one attached hydrogen (secondary N) is 1. The number of hydrogen-bond acceptors (Lipinski definition) is 2. The Kier molecular flexibility index (Phi) is 3.97. The van der Waals surface area contributed by atoms with Crippen LogP contribution in [0.5, 0.6) is 0 Å². The largest absolute Gasteiger partial charge is 0.240 e. The highest BCUT2D eigenvalue weighted by Gasteiger charge is 2.13. The highest BCUT2D eigenvalue weighted by atomic mass is 32.2. The van der Waals surface area contributed by atoms with Crippen LogP contribution in [0.25, 0.3) is 0 Å². The Morgan fingerprint density at radius 1 is 1.11 bits per heavy atom. The smallest absolute Gasteiger partial charge is 0.207 e. The van der Waals surface area contributed by atoms with Gasteiger partial charge in [-0.2, -0.15) is 0 Å². The Hall–Kier alpha value is -1.72. The van der Waals surface area contributed by atoms with Gasteiger partial charge in [-0.05, 0) is 36.8 Å². The van der Waals surface area contributed by atoms with E-state index in [1.165, 1.54) is 12.1 Å². The number of rotatable bonds is 4. The van der Waals surface area contributed by atoms with Crippen LogP contribution in [0.2, 0.25) is 0 Å². The van der Waals surface area contributed by atoms with Crippen molar-refractivity contribution in [2.45, 2.75) is 18.4 Å². The van der Waals surface area contributed by atoms with E-state index in [2.05, 4.69) is 4.72 Å². The predicted octanol–water partition coefficient (Wildman–Crippen LogP) is 2.61. The first-order chi connectivity index (χ1) is 8.97. The molecule has 0 aliphatic carbocycles. The van der Waals surface area contributed by atoms with Crippen LogP contribution in [0.4, 0.5) is 4.39 Å². The molecule has 0 fully saturated rings. The van der Waals surface area contributed by atoms with Gasteiger partial charge >= 0.3 is 0 Å². The van der Waals surface area contributed by atoms with Crippen LogP contribution in [0.15, 0.2) is 53.4 Å². The van der Waals surface area contributed by atoms with Gasteiger partial charge in [0.05, 0.1) is 4.90 Å². The molecule has 0 aromatic heterocycles. The molecule has 0 aliphatic heterocycles. The average molecular weight is 279 g/mol. The number of benzene rings is 2. The molecule has 0 aliphatic rings. The van der Waals surface area contributed by atoms with Gasteiger partial charge in [0, 0.05) is 6.54 Å². The number of sulfonamides is 1. The van der Waals surface area contributed by atoms with Gasteiger partial charge in [0.2, 0.25) is 10.0 Å². The molecular formula is C14H14FNO2S. The van der Waals surface area contributed by atoms with Gasteiger partial charge < -0.3 is 0 Å². The number of aryl methyl sites for hydroxylation is 1. The molecule has 0 spiro atoms. The Labute approximate surface area is 112 Å². The lowest BCUT2D eigenvalue weighted by Crippen LogP contribution is -2.23. The van der Waals surface area contributed by atoms with Crippen LogP contribution in [0.1, 0.15) is 11.1 Å². The molecule has 0 unspecified atom stereocenters. The Bertz CT molecular complexity index is 666. The van der Waals surface area contributed by atoms with E-state index in [1.54, 1.807) is 36.4 Å². The van der Waals surface area contributed by atoms with Crippen molar-refractivity contribution < 1.29 is 12.8 Å². The minimum Gasteiger partial charge on any atom is -0.207 e. The molecule has 100 valence electrons. The highest BCUT2D eigenvalue weighted by molar-refractivity contribution is 7.89. The summed E-state index contributed by atoms with van der Waals surface area (Å²) in [5.41, 5.74) is 1.57. The van der Waals surface area contributed by atoms with E-state index in [9.17, 15) is 12.8 Å². The van der Waals surface area contributed by atoms with E-state index in [0.717, 1.165) is 5.56 Å². The third-order valence-electron chi connectivity index (χ3n) is 2.69. The topological polar surface area (TPSA) is 46.2 Å². The van der Waals surface area contributed by atoms with Crippen molar-refractivity contribution >= 4 is 10.0 Å². The minimum atomic E-state index is -3.56. The second-order valence-corrected chi connectivity index (χ2v) is 6.03. The maximum atomic E-state index is 13.0. The van der Waals surface area contributed by atoms with Crippen LogP contribution in [0, 0.1) is 12.7 Å². The zero-order valence-electron chi connectivity index (χ0n) is 10.4. The van der Waals surface area contributed by atoms with Crippen molar-refractivity contribution in [3.63, 3.8) is 0 Å². The normalized spacial score (nSPS) is 11.5. The van der Waals surface area contributed by atoms with Crippen molar-refractivity contribution in [1.29, 1.82) is 0 Å². The Balaban J connectivity index is 2.12. The van der Waals surface area contributed by atoms with Gasteiger partial charge in [0.1, 0.15) is 5.82 Å². The van der Waals surface area contributed by atoms with E-state index in [0.29, 0.717) is 5.56 Å². The minimum absolute atomic E-state index is 0.0635. The third-order valence-corrected chi connectivity index (χ3v) is 4.10. The van der Waals surface area contributed by atoms with E-state index in [1.807, 2.05) is 6.92 Å². The summed E-state index contributed by atoms with van der Waals surface area (Å²) in [5, 5.41) is 0. The lowest BCUT2D eigenvalue weighted by Gasteiger charge is -2.07. The summed E-state index contributed by atoms with van der Waals surface area (Å²) in [6, 6.07) is 12.4. The summed E-state index contributed by atoms with van der Waals surface area (Å²) in [5.74, 6) is -0.382. The Morgan fingerprint density at radius 3 is 2.42 bits per heavy atom. The molecule has 0 atom stereocenters. The van der Waals surface area contributed by atoms with Crippen molar-refractivity contribution in [2.24, 2.45) is 0 Å². The fraction of sp³-hybridized carbons (Fsp3) is 0.143. The van der Waals surface area contributed by atoms with Crippen molar-refractivity contribution in [3.8, 4) is 0 Å². The van der Waals surface area contributed by atoms with Gasteiger partial charge in [-0.1, -0.05) is 29.8 Å². The fourth-order valence-electron chi connectivity index (χ4n) is 1.63. The van der Waals surface area contributed by atoms with Gasteiger partial charge in [-0.3, -0.25) is 0 Å². The first-order valence-corrected chi connectivity index (χ1v) is 7.26. The summed E-state index contributed by atoms with van der Waals surface area (Å²) >= 11 is 0. The first-order valence-electron chi connectivity index (χ1n) is 5.78. The van der Waals surface area contributed by atoms with Gasteiger partial charge in [0.15, 0.2) is 0 Å². The summed E-state index contributed by atoms with van der Waals surface area (Å²) in [7, 11) is -3.56. The summed E-state index contributed by atoms with van der Waals surface area (Å²) < 4.78 is 39.4. The van der Waals surface area contributed by atoms with E-state index < -0.39 is 10.0 Å². The van der Waals surface area contributed by atoms with Crippen LogP contribution >= 0.6 is 0 Å². The maximum absolute atomic E-state index is 13.0. The van der Waals surface area contributed by atoms with Crippen molar-refractivity contribution in [2.75, 3.05) is 0 Å². The molecular weight excluding hydrogens is 265 g/mol. The SMILES string of the molecule is Cc1ccc(S(=O)(=O)NCc2cccc(F)c2)cc1. The molecule has 3 nitrogen and oxygen atoms in total. The molecule has 0 radical (unpaired) electrons. The van der Waals surface area contributed by atoms with Gasteiger partial charge in [-0.25, -0.2) is 17.5 Å². The molecule has 2 aromatic carbocycles. The molecule has 2 aromatic rings. The average Bonchev–Trinajstić information content (AvgIpc) is 2.37. The molecule has 5 heteroatoms. The zero-order chi connectivity index (χ0) is 13.9. The highest BCUT2D eigenvalue weighted by Crippen LogP contribution is 2.11. The van der Waals surface area contributed by atoms with E-state index in [-0.39, 0.29) is 17.3 Å². The maximum Gasteiger partial charge on any atom is 0.240 e. The molecule has 0 amide bonds. The Morgan fingerprint density at radius 2 is 1.79 bits per heavy atom. The monoisotopic (exact) mass is 279 g/mol. The summed E-state index contributed by atoms with van der Waals surface area (Å²) in [6.07, 6.45) is 0. The van der Waals surface area contributed by atoms with Crippen LogP contribution in [-0.4, -0.2) is 8.42 Å². The fourth-order valence-corrected chi connectivity index (χ4v) is 2.64. The number of halogens is 1. The zero-order valence-corrected chi connectivity index (χ0v) is 11.2. The second-order valence-electron chi connectivity index (χ2n) is 4.27. The molecule has 1 N–H and O–H groups in total. The lowest BCUT2D eigenvalue weighted by molar-refractivity contribution is 0.580. The molecule has 0 bridgehead atoms. The van der Waals surface area contributed by atoms with Crippen LogP contribution in [-0.2, 0) is 16.6 Å². The standard InChI is InChI=1S/C14H14FNO2S/c1-11-5-7-14(8-6-11)19(17,18)16-10-12-3-2-4-13(15)9-12/h2-9,16H,10H2,1H3. The van der Waals surface area contributed by atoms with Crippen LogP contribution in [0.3, 0.4) is 0 Å². The van der Waals surface area contributed by atoms with Crippen molar-refractivity contribution in [3.05, 3.63) is 65.5 Å². The molecule has 0 saturated carbocycles. The van der Waals surface area contributed by atoms with Gasteiger partial charge in [0.25, 0.3) is 0 Å². The molecule has 2 rings (SSSR count). The summed E-state index contributed by atoms with van der Waals surface area (Å²) in [4.78, 5) is 0.203. The predicted molar refractivity (Wildman–Crippen MR) is 71.6 cm³/mol. The third kappa shape index (κ3) is 3.62. The molecule has 0 saturated heterocycles.